The SMILES string of the molecule is NCC1(c2ccc3[nH]c4c(c3c2)CCC4)CCCCC1. The van der Waals surface area contributed by atoms with Gasteiger partial charge in [0.1, 0.15) is 0 Å². The van der Waals surface area contributed by atoms with Crippen molar-refractivity contribution in [2.75, 3.05) is 6.54 Å². The highest BCUT2D eigenvalue weighted by Crippen LogP contribution is 2.40. The number of hydrogen-bond donors (Lipinski definition) is 2. The van der Waals surface area contributed by atoms with Gasteiger partial charge in [-0.1, -0.05) is 25.3 Å². The number of nitrogens with one attached hydrogen (secondary N) is 1. The summed E-state index contributed by atoms with van der Waals surface area (Å²) in [6.45, 7) is 0.797. The Labute approximate surface area is 120 Å². The lowest BCUT2D eigenvalue weighted by atomic mass is 9.69. The van der Waals surface area contributed by atoms with E-state index in [-0.39, 0.29) is 5.41 Å². The molecule has 1 saturated carbocycles. The molecule has 4 rings (SSSR count). The number of aromatic amines is 1. The zero-order chi connectivity index (χ0) is 13.6. The smallest absolute Gasteiger partial charge is 0.0459 e. The van der Waals surface area contributed by atoms with Crippen LogP contribution in [0.4, 0.5) is 0 Å². The van der Waals surface area contributed by atoms with Gasteiger partial charge in [-0.3, -0.25) is 0 Å². The number of hydrogen-bond acceptors (Lipinski definition) is 1. The largest absolute Gasteiger partial charge is 0.358 e. The first kappa shape index (κ1) is 12.5. The van der Waals surface area contributed by atoms with Gasteiger partial charge >= 0.3 is 0 Å². The van der Waals surface area contributed by atoms with Gasteiger partial charge in [-0.05, 0) is 55.4 Å². The fourth-order valence-electron chi connectivity index (χ4n) is 4.41. The van der Waals surface area contributed by atoms with E-state index in [9.17, 15) is 0 Å². The molecule has 2 aliphatic carbocycles. The van der Waals surface area contributed by atoms with Crippen molar-refractivity contribution in [2.45, 2.75) is 56.8 Å². The summed E-state index contributed by atoms with van der Waals surface area (Å²) in [5.74, 6) is 0. The standard InChI is InChI=1S/C18H24N2/c19-12-18(9-2-1-3-10-18)13-7-8-17-15(11-13)14-5-4-6-16(14)20-17/h7-8,11,20H,1-6,9-10,12,19H2. The first-order valence-electron chi connectivity index (χ1n) is 8.16. The second-order valence-electron chi connectivity index (χ2n) is 6.74. The van der Waals surface area contributed by atoms with E-state index in [4.69, 9.17) is 5.73 Å². The van der Waals surface area contributed by atoms with Crippen LogP contribution in [-0.2, 0) is 18.3 Å². The molecule has 1 aromatic heterocycles. The zero-order valence-corrected chi connectivity index (χ0v) is 12.2. The minimum absolute atomic E-state index is 0.245. The van der Waals surface area contributed by atoms with Crippen molar-refractivity contribution in [3.8, 4) is 0 Å². The molecule has 0 spiro atoms. The quantitative estimate of drug-likeness (QED) is 0.854. The van der Waals surface area contributed by atoms with E-state index in [0.29, 0.717) is 0 Å². The predicted molar refractivity (Wildman–Crippen MR) is 84.1 cm³/mol. The monoisotopic (exact) mass is 268 g/mol. The average Bonchev–Trinajstić information content (AvgIpc) is 3.08. The molecule has 0 aliphatic heterocycles. The predicted octanol–water partition coefficient (Wildman–Crippen LogP) is 3.82. The van der Waals surface area contributed by atoms with Crippen LogP contribution in [0.3, 0.4) is 0 Å². The minimum atomic E-state index is 0.245. The molecule has 0 amide bonds. The third-order valence-electron chi connectivity index (χ3n) is 5.66. The molecule has 0 unspecified atom stereocenters. The third kappa shape index (κ3) is 1.74. The van der Waals surface area contributed by atoms with Crippen molar-refractivity contribution in [1.29, 1.82) is 0 Å². The maximum absolute atomic E-state index is 6.19. The van der Waals surface area contributed by atoms with Gasteiger partial charge in [0.05, 0.1) is 0 Å². The van der Waals surface area contributed by atoms with Crippen molar-refractivity contribution in [3.63, 3.8) is 0 Å². The molecule has 2 nitrogen and oxygen atoms in total. The molecule has 2 aromatic rings. The molecular weight excluding hydrogens is 244 g/mol. The molecule has 0 radical (unpaired) electrons. The Morgan fingerprint density at radius 2 is 1.90 bits per heavy atom. The lowest BCUT2D eigenvalue weighted by Crippen LogP contribution is -2.37. The van der Waals surface area contributed by atoms with Gasteiger partial charge in [-0.15, -0.1) is 0 Å². The van der Waals surface area contributed by atoms with Crippen LogP contribution in [0.5, 0.6) is 0 Å². The van der Waals surface area contributed by atoms with E-state index < -0.39 is 0 Å². The van der Waals surface area contributed by atoms with Crippen LogP contribution in [0.1, 0.15) is 55.3 Å². The lowest BCUT2D eigenvalue weighted by molar-refractivity contribution is 0.301. The second-order valence-corrected chi connectivity index (χ2v) is 6.74. The molecule has 1 heterocycles. The van der Waals surface area contributed by atoms with Crippen molar-refractivity contribution in [3.05, 3.63) is 35.0 Å². The Kier molecular flexibility index (Phi) is 2.88. The Morgan fingerprint density at radius 1 is 1.05 bits per heavy atom. The second kappa shape index (κ2) is 4.63. The van der Waals surface area contributed by atoms with Crippen molar-refractivity contribution in [1.82, 2.24) is 4.98 Å². The Bertz CT molecular complexity index is 632. The first-order chi connectivity index (χ1) is 9.82. The van der Waals surface area contributed by atoms with Gasteiger partial charge in [-0.2, -0.15) is 0 Å². The van der Waals surface area contributed by atoms with E-state index in [0.717, 1.165) is 6.54 Å². The summed E-state index contributed by atoms with van der Waals surface area (Å²) in [4.78, 5) is 3.61. The highest BCUT2D eigenvalue weighted by Gasteiger charge is 2.33. The molecule has 2 aliphatic rings. The number of H-pyrrole nitrogens is 1. The van der Waals surface area contributed by atoms with Gasteiger partial charge in [0.15, 0.2) is 0 Å². The number of fused-ring (bicyclic) bond motifs is 3. The van der Waals surface area contributed by atoms with E-state index in [2.05, 4.69) is 23.2 Å². The number of benzene rings is 1. The van der Waals surface area contributed by atoms with Crippen LogP contribution < -0.4 is 5.73 Å². The Hall–Kier alpha value is -1.28. The third-order valence-corrected chi connectivity index (χ3v) is 5.66. The summed E-state index contributed by atoms with van der Waals surface area (Å²) in [5, 5.41) is 1.47. The van der Waals surface area contributed by atoms with Crippen molar-refractivity contribution in [2.24, 2.45) is 5.73 Å². The number of aryl methyl sites for hydroxylation is 2. The van der Waals surface area contributed by atoms with Crippen LogP contribution in [0.15, 0.2) is 18.2 Å². The maximum Gasteiger partial charge on any atom is 0.0459 e. The highest BCUT2D eigenvalue weighted by atomic mass is 14.7. The van der Waals surface area contributed by atoms with E-state index >= 15 is 0 Å². The molecular formula is C18H24N2. The molecule has 0 bridgehead atoms. The molecule has 3 N–H and O–H groups in total. The Morgan fingerprint density at radius 3 is 2.70 bits per heavy atom. The lowest BCUT2D eigenvalue weighted by Gasteiger charge is -2.37. The average molecular weight is 268 g/mol. The van der Waals surface area contributed by atoms with E-state index in [1.54, 1.807) is 5.56 Å². The highest BCUT2D eigenvalue weighted by molar-refractivity contribution is 5.86. The summed E-state index contributed by atoms with van der Waals surface area (Å²) in [7, 11) is 0. The van der Waals surface area contributed by atoms with Gasteiger partial charge in [0.2, 0.25) is 0 Å². The molecule has 106 valence electrons. The first-order valence-corrected chi connectivity index (χ1v) is 8.16. The summed E-state index contributed by atoms with van der Waals surface area (Å²) in [6.07, 6.45) is 10.4. The number of aromatic nitrogens is 1. The molecule has 0 saturated heterocycles. The van der Waals surface area contributed by atoms with Crippen LogP contribution in [0.2, 0.25) is 0 Å². The number of rotatable bonds is 2. The van der Waals surface area contributed by atoms with Gasteiger partial charge in [0, 0.05) is 28.6 Å². The molecule has 20 heavy (non-hydrogen) atoms. The van der Waals surface area contributed by atoms with E-state index in [1.165, 1.54) is 73.5 Å². The van der Waals surface area contributed by atoms with Gasteiger partial charge < -0.3 is 10.7 Å². The maximum atomic E-state index is 6.19. The molecule has 0 atom stereocenters. The zero-order valence-electron chi connectivity index (χ0n) is 12.2. The topological polar surface area (TPSA) is 41.8 Å². The molecule has 2 heteroatoms. The summed E-state index contributed by atoms with van der Waals surface area (Å²) >= 11 is 0. The van der Waals surface area contributed by atoms with Crippen LogP contribution in [0, 0.1) is 0 Å². The molecule has 1 fully saturated rings. The van der Waals surface area contributed by atoms with Gasteiger partial charge in [0.25, 0.3) is 0 Å². The Balaban J connectivity index is 1.83. The van der Waals surface area contributed by atoms with Crippen molar-refractivity contribution < 1.29 is 0 Å². The van der Waals surface area contributed by atoms with Crippen LogP contribution in [-0.4, -0.2) is 11.5 Å². The van der Waals surface area contributed by atoms with E-state index in [1.807, 2.05) is 0 Å². The van der Waals surface area contributed by atoms with Crippen molar-refractivity contribution >= 4 is 10.9 Å². The minimum Gasteiger partial charge on any atom is -0.358 e. The summed E-state index contributed by atoms with van der Waals surface area (Å²) in [6, 6.07) is 7.06. The summed E-state index contributed by atoms with van der Waals surface area (Å²) in [5.41, 5.74) is 12.3. The van der Waals surface area contributed by atoms with Gasteiger partial charge in [-0.25, -0.2) is 0 Å². The van der Waals surface area contributed by atoms with Crippen LogP contribution >= 0.6 is 0 Å². The van der Waals surface area contributed by atoms with Crippen LogP contribution in [0.25, 0.3) is 10.9 Å². The molecule has 1 aromatic carbocycles. The fourth-order valence-corrected chi connectivity index (χ4v) is 4.41. The summed E-state index contributed by atoms with van der Waals surface area (Å²) < 4.78 is 0. The fraction of sp³-hybridized carbons (Fsp3) is 0.556. The normalized spacial score (nSPS) is 21.2. The number of nitrogens with two attached hydrogens (primary N) is 1.